The van der Waals surface area contributed by atoms with Crippen molar-refractivity contribution in [1.29, 1.82) is 0 Å². The summed E-state index contributed by atoms with van der Waals surface area (Å²) in [6.45, 7) is 2.09. The van der Waals surface area contributed by atoms with Crippen molar-refractivity contribution < 1.29 is 18.3 Å². The van der Waals surface area contributed by atoms with Crippen molar-refractivity contribution in [2.24, 2.45) is 0 Å². The van der Waals surface area contributed by atoms with E-state index in [4.69, 9.17) is 0 Å². The Morgan fingerprint density at radius 2 is 1.89 bits per heavy atom. The highest BCUT2D eigenvalue weighted by atomic mass is 32.2. The first kappa shape index (κ1) is 14.0. The number of carbonyl (C=O) groups excluding carboxylic acids is 1. The van der Waals surface area contributed by atoms with E-state index in [0.717, 1.165) is 9.87 Å². The predicted octanol–water partition coefficient (Wildman–Crippen LogP) is 0.288. The first-order valence-electron chi connectivity index (χ1n) is 6.22. The fraction of sp³-hybridized carbons (Fsp3) is 0.462. The number of nitrogens with zero attached hydrogens (tertiary/aromatic N) is 1. The fourth-order valence-corrected chi connectivity index (χ4v) is 3.92. The molecule has 19 heavy (non-hydrogen) atoms. The van der Waals surface area contributed by atoms with E-state index in [1.54, 1.807) is 12.1 Å². The molecule has 0 aliphatic carbocycles. The van der Waals surface area contributed by atoms with E-state index in [9.17, 15) is 18.3 Å². The van der Waals surface area contributed by atoms with Gasteiger partial charge in [0.1, 0.15) is 0 Å². The van der Waals surface area contributed by atoms with E-state index in [2.05, 4.69) is 0 Å². The van der Waals surface area contributed by atoms with Crippen LogP contribution in [-0.4, -0.2) is 31.3 Å². The fourth-order valence-electron chi connectivity index (χ4n) is 2.27. The summed E-state index contributed by atoms with van der Waals surface area (Å²) in [6, 6.07) is 5.35. The zero-order valence-corrected chi connectivity index (χ0v) is 11.5. The number of benzene rings is 1. The summed E-state index contributed by atoms with van der Waals surface area (Å²) in [5.41, 5.74) is 0.953. The van der Waals surface area contributed by atoms with E-state index in [1.165, 1.54) is 12.1 Å². The second-order valence-corrected chi connectivity index (χ2v) is 6.65. The van der Waals surface area contributed by atoms with Gasteiger partial charge in [0.05, 0.1) is 16.9 Å². The molecule has 0 bridgehead atoms. The van der Waals surface area contributed by atoms with E-state index >= 15 is 0 Å². The molecular formula is C13H16NO4S-. The smallest absolute Gasteiger partial charge is 0.243 e. The van der Waals surface area contributed by atoms with Crippen LogP contribution in [0.5, 0.6) is 0 Å². The van der Waals surface area contributed by atoms with Crippen LogP contribution in [0.2, 0.25) is 0 Å². The Morgan fingerprint density at radius 1 is 1.26 bits per heavy atom. The first-order valence-corrected chi connectivity index (χ1v) is 7.66. The average molecular weight is 282 g/mol. The summed E-state index contributed by atoms with van der Waals surface area (Å²) >= 11 is 0. The molecule has 0 saturated carbocycles. The topological polar surface area (TPSA) is 77.5 Å². The van der Waals surface area contributed by atoms with Gasteiger partial charge in [0.15, 0.2) is 0 Å². The lowest BCUT2D eigenvalue weighted by molar-refractivity contribution is -0.311. The van der Waals surface area contributed by atoms with Gasteiger partial charge in [-0.2, -0.15) is 4.31 Å². The Morgan fingerprint density at radius 3 is 2.47 bits per heavy atom. The number of hydrogen-bond acceptors (Lipinski definition) is 4. The highest BCUT2D eigenvalue weighted by molar-refractivity contribution is 7.89. The largest absolute Gasteiger partial charge is 0.548 e. The number of hydrogen-bond donors (Lipinski definition) is 0. The van der Waals surface area contributed by atoms with Crippen molar-refractivity contribution in [3.63, 3.8) is 0 Å². The quantitative estimate of drug-likeness (QED) is 0.798. The minimum absolute atomic E-state index is 0.131. The van der Waals surface area contributed by atoms with Crippen LogP contribution in [0.15, 0.2) is 29.2 Å². The molecular weight excluding hydrogens is 266 g/mol. The van der Waals surface area contributed by atoms with E-state index in [-0.39, 0.29) is 11.4 Å². The molecule has 1 heterocycles. The Balaban J connectivity index is 2.37. The van der Waals surface area contributed by atoms with Crippen molar-refractivity contribution in [1.82, 2.24) is 4.31 Å². The monoisotopic (exact) mass is 282 g/mol. The zero-order valence-electron chi connectivity index (χ0n) is 10.7. The minimum atomic E-state index is -3.76. The molecule has 1 aromatic carbocycles. The van der Waals surface area contributed by atoms with Gasteiger partial charge in [0.2, 0.25) is 10.0 Å². The number of aryl methyl sites for hydroxylation is 1. The van der Waals surface area contributed by atoms with Gasteiger partial charge in [-0.1, -0.05) is 24.1 Å². The van der Waals surface area contributed by atoms with Gasteiger partial charge in [-0.25, -0.2) is 8.42 Å². The number of carboxylic acid groups (broad SMARTS) is 1. The lowest BCUT2D eigenvalue weighted by Crippen LogP contribution is -2.52. The summed E-state index contributed by atoms with van der Waals surface area (Å²) in [5.74, 6) is -1.32. The average Bonchev–Trinajstić information content (AvgIpc) is 2.39. The van der Waals surface area contributed by atoms with Crippen molar-refractivity contribution in [2.75, 3.05) is 6.54 Å². The molecule has 5 nitrogen and oxygen atoms in total. The van der Waals surface area contributed by atoms with Crippen LogP contribution in [-0.2, 0) is 14.8 Å². The Bertz CT molecular complexity index is 565. The van der Waals surface area contributed by atoms with Crippen LogP contribution in [0.3, 0.4) is 0 Å². The van der Waals surface area contributed by atoms with E-state index in [0.29, 0.717) is 19.3 Å². The Labute approximate surface area is 112 Å². The van der Waals surface area contributed by atoms with Crippen LogP contribution in [0.4, 0.5) is 0 Å². The molecule has 6 heteroatoms. The number of aliphatic carboxylic acids is 1. The lowest BCUT2D eigenvalue weighted by atomic mass is 10.1. The van der Waals surface area contributed by atoms with Gasteiger partial charge in [0.25, 0.3) is 0 Å². The summed E-state index contributed by atoms with van der Waals surface area (Å²) < 4.78 is 25.9. The molecule has 0 radical (unpaired) electrons. The summed E-state index contributed by atoms with van der Waals surface area (Å²) in [6.07, 6.45) is 1.70. The molecule has 0 amide bonds. The van der Waals surface area contributed by atoms with Gasteiger partial charge in [0, 0.05) is 6.54 Å². The second-order valence-electron chi connectivity index (χ2n) is 4.76. The van der Waals surface area contributed by atoms with Gasteiger partial charge in [-0.15, -0.1) is 0 Å². The number of carbonyl (C=O) groups is 1. The Kier molecular flexibility index (Phi) is 3.91. The van der Waals surface area contributed by atoms with Gasteiger partial charge >= 0.3 is 0 Å². The minimum Gasteiger partial charge on any atom is -0.548 e. The molecule has 1 fully saturated rings. The van der Waals surface area contributed by atoms with Gasteiger partial charge in [-0.05, 0) is 31.9 Å². The molecule has 104 valence electrons. The number of sulfonamides is 1. The van der Waals surface area contributed by atoms with Crippen molar-refractivity contribution >= 4 is 16.0 Å². The number of rotatable bonds is 3. The summed E-state index contributed by atoms with van der Waals surface area (Å²) in [4.78, 5) is 11.2. The molecule has 2 rings (SSSR count). The van der Waals surface area contributed by atoms with Gasteiger partial charge < -0.3 is 9.90 Å². The normalized spacial score (nSPS) is 21.2. The zero-order chi connectivity index (χ0) is 14.0. The molecule has 0 spiro atoms. The maximum Gasteiger partial charge on any atom is 0.243 e. The standard InChI is InChI=1S/C13H17NO4S/c1-10-5-7-11(8-6-10)19(17,18)14-9-3-2-4-12(14)13(15)16/h5-8,12H,2-4,9H2,1H3,(H,15,16)/p-1/t12-/m1/s1. The highest BCUT2D eigenvalue weighted by Gasteiger charge is 2.34. The third-order valence-electron chi connectivity index (χ3n) is 3.35. The van der Waals surface area contributed by atoms with Crippen LogP contribution in [0.25, 0.3) is 0 Å². The number of piperidine rings is 1. The maximum atomic E-state index is 12.4. The first-order chi connectivity index (χ1) is 8.93. The molecule has 1 atom stereocenters. The van der Waals surface area contributed by atoms with Crippen LogP contribution in [0, 0.1) is 6.92 Å². The molecule has 1 saturated heterocycles. The van der Waals surface area contributed by atoms with Crippen molar-refractivity contribution in [3.05, 3.63) is 29.8 Å². The molecule has 0 unspecified atom stereocenters. The van der Waals surface area contributed by atoms with Crippen LogP contribution >= 0.6 is 0 Å². The predicted molar refractivity (Wildman–Crippen MR) is 67.7 cm³/mol. The summed E-state index contributed by atoms with van der Waals surface area (Å²) in [7, 11) is -3.76. The van der Waals surface area contributed by atoms with Gasteiger partial charge in [-0.3, -0.25) is 0 Å². The lowest BCUT2D eigenvalue weighted by Gasteiger charge is -2.35. The van der Waals surface area contributed by atoms with E-state index < -0.39 is 22.0 Å². The third kappa shape index (κ3) is 2.79. The highest BCUT2D eigenvalue weighted by Crippen LogP contribution is 2.25. The van der Waals surface area contributed by atoms with Crippen molar-refractivity contribution in [3.8, 4) is 0 Å². The van der Waals surface area contributed by atoms with E-state index in [1.807, 2.05) is 6.92 Å². The Hall–Kier alpha value is -1.40. The maximum absolute atomic E-state index is 12.4. The SMILES string of the molecule is Cc1ccc(S(=O)(=O)N2CCCC[C@@H]2C(=O)[O-])cc1. The molecule has 1 aromatic rings. The molecule has 1 aliphatic rings. The molecule has 1 aliphatic heterocycles. The third-order valence-corrected chi connectivity index (χ3v) is 5.28. The molecule has 0 N–H and O–H groups in total. The van der Waals surface area contributed by atoms with Crippen molar-refractivity contribution in [2.45, 2.75) is 37.1 Å². The van der Waals surface area contributed by atoms with Crippen LogP contribution < -0.4 is 5.11 Å². The molecule has 0 aromatic heterocycles. The number of carboxylic acids is 1. The second kappa shape index (κ2) is 5.30. The van der Waals surface area contributed by atoms with Crippen LogP contribution in [0.1, 0.15) is 24.8 Å². The summed E-state index contributed by atoms with van der Waals surface area (Å²) in [5, 5.41) is 11.1.